The molecule has 2 heterocycles. The van der Waals surface area contributed by atoms with Crippen molar-refractivity contribution < 1.29 is 33.0 Å². The van der Waals surface area contributed by atoms with Crippen LogP contribution in [0.2, 0.25) is 5.02 Å². The second kappa shape index (κ2) is 12.2. The molecule has 3 N–H and O–H groups in total. The molecule has 46 heavy (non-hydrogen) atoms. The first kappa shape index (κ1) is 32.8. The number of sulfonamides is 1. The zero-order chi connectivity index (χ0) is 33.0. The van der Waals surface area contributed by atoms with Crippen molar-refractivity contribution in [3.05, 3.63) is 70.3 Å². The van der Waals surface area contributed by atoms with Gasteiger partial charge in [0.15, 0.2) is 0 Å². The SMILES string of the molecule is C[C@H](C(=O)O)[C@]1(O)/C=C/C[C@H](C)[C@@H](C)S(=O)(=O)NC(=O)c2ccc3c(c2)N(C[C@@H]2CC[C@H]21)C[C@@]1(CCCc2cc(Cl)ccc21)CO3. The van der Waals surface area contributed by atoms with Gasteiger partial charge in [0.25, 0.3) is 5.91 Å². The topological polar surface area (TPSA) is 133 Å². The first-order chi connectivity index (χ1) is 21.7. The number of aliphatic hydroxyl groups is 1. The Morgan fingerprint density at radius 3 is 2.67 bits per heavy atom. The number of amides is 1. The van der Waals surface area contributed by atoms with E-state index in [1.807, 2.05) is 12.1 Å². The number of carbonyl (C=O) groups excluding carboxylic acids is 1. The van der Waals surface area contributed by atoms with Gasteiger partial charge in [0.1, 0.15) is 5.75 Å². The van der Waals surface area contributed by atoms with Crippen LogP contribution in [0.4, 0.5) is 5.69 Å². The predicted octanol–water partition coefficient (Wildman–Crippen LogP) is 5.34. The number of nitrogens with zero attached hydrogens (tertiary/aromatic N) is 1. The summed E-state index contributed by atoms with van der Waals surface area (Å²) in [5.41, 5.74) is 1.25. The number of aliphatic carboxylic acids is 1. The number of hydrogen-bond acceptors (Lipinski definition) is 7. The number of carboxylic acids is 1. The van der Waals surface area contributed by atoms with Crippen LogP contribution in [-0.2, 0) is 26.7 Å². The van der Waals surface area contributed by atoms with Crippen LogP contribution in [0.25, 0.3) is 0 Å². The smallest absolute Gasteiger partial charge is 0.309 e. The molecule has 9 nitrogen and oxygen atoms in total. The normalized spacial score (nSPS) is 33.7. The average molecular weight is 671 g/mol. The van der Waals surface area contributed by atoms with Crippen molar-refractivity contribution in [1.29, 1.82) is 0 Å². The van der Waals surface area contributed by atoms with Crippen molar-refractivity contribution in [2.75, 3.05) is 24.6 Å². The molecular formula is C35H43ClN2O7S. The summed E-state index contributed by atoms with van der Waals surface area (Å²) in [5, 5.41) is 21.9. The average Bonchev–Trinajstić information content (AvgIpc) is 3.14. The second-order valence-electron chi connectivity index (χ2n) is 14.0. The van der Waals surface area contributed by atoms with Crippen LogP contribution in [0.15, 0.2) is 48.6 Å². The van der Waals surface area contributed by atoms with Crippen molar-refractivity contribution in [2.24, 2.45) is 23.7 Å². The third kappa shape index (κ3) is 5.81. The minimum Gasteiger partial charge on any atom is -0.490 e. The molecule has 2 aromatic rings. The molecule has 2 aliphatic heterocycles. The molecule has 2 aliphatic carbocycles. The molecular weight excluding hydrogens is 628 g/mol. The van der Waals surface area contributed by atoms with E-state index in [2.05, 4.69) is 15.7 Å². The minimum absolute atomic E-state index is 0.0326. The standard InChI is InChI=1S/C35H43ClN2O7S/c1-21-6-4-15-35(42,22(2)33(40)41)29-11-8-26(29)18-38-19-34(14-5-7-24-16-27(36)10-12-28(24)34)20-45-31-13-9-25(17-30(31)38)32(39)37-46(43,44)23(21)3/h4,9-10,12-13,15-17,21-23,26,29,42H,5-8,11,14,18-20H2,1-3H3,(H,37,39)(H,40,41)/b15-4+/t21-,22+,23+,26-,29+,34-,35+/m0/s1. The van der Waals surface area contributed by atoms with E-state index in [9.17, 15) is 28.2 Å². The number of carbonyl (C=O) groups is 2. The van der Waals surface area contributed by atoms with Gasteiger partial charge in [-0.3, -0.25) is 9.59 Å². The van der Waals surface area contributed by atoms with Crippen molar-refractivity contribution in [2.45, 2.75) is 75.6 Å². The number of aryl methyl sites for hydroxylation is 1. The largest absolute Gasteiger partial charge is 0.490 e. The van der Waals surface area contributed by atoms with E-state index >= 15 is 0 Å². The van der Waals surface area contributed by atoms with Crippen molar-refractivity contribution >= 4 is 39.2 Å². The van der Waals surface area contributed by atoms with E-state index in [-0.39, 0.29) is 29.2 Å². The maximum atomic E-state index is 13.4. The highest BCUT2D eigenvalue weighted by Crippen LogP contribution is 2.50. The molecule has 4 aliphatic rings. The third-order valence-electron chi connectivity index (χ3n) is 11.2. The lowest BCUT2D eigenvalue weighted by molar-refractivity contribution is -0.156. The Kier molecular flexibility index (Phi) is 8.70. The van der Waals surface area contributed by atoms with E-state index < -0.39 is 44.6 Å². The molecule has 1 amide bonds. The zero-order valence-corrected chi connectivity index (χ0v) is 28.1. The Bertz CT molecular complexity index is 1680. The third-order valence-corrected chi connectivity index (χ3v) is 13.4. The number of nitrogens with one attached hydrogen (secondary N) is 1. The van der Waals surface area contributed by atoms with Gasteiger partial charge in [-0.05, 0) is 112 Å². The maximum Gasteiger partial charge on any atom is 0.309 e. The van der Waals surface area contributed by atoms with Crippen LogP contribution < -0.4 is 14.4 Å². The van der Waals surface area contributed by atoms with E-state index in [0.717, 1.165) is 25.7 Å². The molecule has 11 heteroatoms. The van der Waals surface area contributed by atoms with Gasteiger partial charge in [-0.1, -0.05) is 36.7 Å². The summed E-state index contributed by atoms with van der Waals surface area (Å²) in [4.78, 5) is 27.9. The molecule has 1 spiro atoms. The Morgan fingerprint density at radius 1 is 1.17 bits per heavy atom. The van der Waals surface area contributed by atoms with Crippen molar-refractivity contribution in [1.82, 2.24) is 4.72 Å². The van der Waals surface area contributed by atoms with Crippen LogP contribution >= 0.6 is 11.6 Å². The zero-order valence-electron chi connectivity index (χ0n) is 26.5. The summed E-state index contributed by atoms with van der Waals surface area (Å²) in [7, 11) is -4.05. The highest BCUT2D eigenvalue weighted by Gasteiger charge is 2.52. The van der Waals surface area contributed by atoms with Crippen LogP contribution in [0.1, 0.15) is 74.4 Å². The van der Waals surface area contributed by atoms with Gasteiger partial charge in [-0.25, -0.2) is 13.1 Å². The summed E-state index contributed by atoms with van der Waals surface area (Å²) in [6.45, 7) is 6.33. The number of fused-ring (bicyclic) bond motifs is 4. The first-order valence-corrected chi connectivity index (χ1v) is 18.2. The van der Waals surface area contributed by atoms with Crippen LogP contribution in [0.3, 0.4) is 0 Å². The molecule has 2 bridgehead atoms. The molecule has 7 atom stereocenters. The Morgan fingerprint density at radius 2 is 1.96 bits per heavy atom. The first-order valence-electron chi connectivity index (χ1n) is 16.2. The number of carboxylic acid groups (broad SMARTS) is 1. The Labute approximate surface area is 276 Å². The molecule has 0 radical (unpaired) electrons. The fourth-order valence-corrected chi connectivity index (χ4v) is 9.45. The number of ether oxygens (including phenoxy) is 1. The molecule has 0 aromatic heterocycles. The van der Waals surface area contributed by atoms with Crippen LogP contribution in [-0.4, -0.2) is 61.1 Å². The lowest BCUT2D eigenvalue weighted by atomic mass is 9.60. The highest BCUT2D eigenvalue weighted by atomic mass is 35.5. The molecule has 0 saturated heterocycles. The minimum atomic E-state index is -4.05. The summed E-state index contributed by atoms with van der Waals surface area (Å²) >= 11 is 6.40. The van der Waals surface area contributed by atoms with Crippen molar-refractivity contribution in [3.63, 3.8) is 0 Å². The summed E-state index contributed by atoms with van der Waals surface area (Å²) in [6.07, 6.45) is 7.80. The maximum absolute atomic E-state index is 13.4. The molecule has 1 saturated carbocycles. The lowest BCUT2D eigenvalue weighted by Gasteiger charge is -2.50. The quantitative estimate of drug-likeness (QED) is 0.365. The van der Waals surface area contributed by atoms with Gasteiger partial charge in [-0.2, -0.15) is 0 Å². The number of allylic oxidation sites excluding steroid dienone is 1. The van der Waals surface area contributed by atoms with Gasteiger partial charge in [-0.15, -0.1) is 0 Å². The van der Waals surface area contributed by atoms with Crippen LogP contribution in [0.5, 0.6) is 5.75 Å². The number of anilines is 1. The van der Waals surface area contributed by atoms with Crippen LogP contribution in [0, 0.1) is 23.7 Å². The molecule has 6 rings (SSSR count). The second-order valence-corrected chi connectivity index (χ2v) is 16.4. The number of benzene rings is 2. The van der Waals surface area contributed by atoms with Gasteiger partial charge < -0.3 is 19.8 Å². The van der Waals surface area contributed by atoms with Gasteiger partial charge in [0, 0.05) is 29.1 Å². The lowest BCUT2D eigenvalue weighted by Crippen LogP contribution is -2.55. The molecule has 1 fully saturated rings. The molecule has 248 valence electrons. The van der Waals surface area contributed by atoms with E-state index in [0.29, 0.717) is 42.6 Å². The van der Waals surface area contributed by atoms with E-state index in [1.54, 1.807) is 44.2 Å². The van der Waals surface area contributed by atoms with Gasteiger partial charge >= 0.3 is 5.97 Å². The molecule has 2 aromatic carbocycles. The Hall–Kier alpha value is -3.08. The fourth-order valence-electron chi connectivity index (χ4n) is 7.97. The number of hydrogen-bond donors (Lipinski definition) is 3. The summed E-state index contributed by atoms with van der Waals surface area (Å²) in [6, 6.07) is 11.0. The van der Waals surface area contributed by atoms with E-state index in [1.165, 1.54) is 18.1 Å². The summed E-state index contributed by atoms with van der Waals surface area (Å²) < 4.78 is 35.4. The predicted molar refractivity (Wildman–Crippen MR) is 177 cm³/mol. The number of halogens is 1. The Balaban J connectivity index is 1.47. The van der Waals surface area contributed by atoms with Gasteiger partial charge in [0.2, 0.25) is 10.0 Å². The van der Waals surface area contributed by atoms with E-state index in [4.69, 9.17) is 16.3 Å². The van der Waals surface area contributed by atoms with Crippen molar-refractivity contribution in [3.8, 4) is 5.75 Å². The van der Waals surface area contributed by atoms with Gasteiger partial charge in [0.05, 0.1) is 29.1 Å². The molecule has 0 unspecified atom stereocenters. The monoisotopic (exact) mass is 670 g/mol. The highest BCUT2D eigenvalue weighted by molar-refractivity contribution is 7.90. The number of rotatable bonds is 2. The summed E-state index contributed by atoms with van der Waals surface area (Å²) in [5.74, 6) is -3.04. The fraction of sp³-hybridized carbons (Fsp3) is 0.543.